The number of hydrogen-bond donors (Lipinski definition) is 3. The lowest BCUT2D eigenvalue weighted by Gasteiger charge is -2.10. The van der Waals surface area contributed by atoms with Crippen molar-refractivity contribution in [1.82, 2.24) is 10.6 Å². The van der Waals surface area contributed by atoms with Crippen LogP contribution < -0.4 is 16.0 Å². The summed E-state index contributed by atoms with van der Waals surface area (Å²) in [4.78, 5) is 23.7. The first-order valence-corrected chi connectivity index (χ1v) is 8.12. The average Bonchev–Trinajstić information content (AvgIpc) is 2.56. The lowest BCUT2D eigenvalue weighted by atomic mass is 10.1. The van der Waals surface area contributed by atoms with E-state index < -0.39 is 5.82 Å². The first kappa shape index (κ1) is 18.7. The minimum Gasteiger partial charge on any atom is -0.336 e. The van der Waals surface area contributed by atoms with Gasteiger partial charge in [-0.2, -0.15) is 0 Å². The zero-order valence-electron chi connectivity index (χ0n) is 13.9. The van der Waals surface area contributed by atoms with Crippen molar-refractivity contribution >= 4 is 29.2 Å². The summed E-state index contributed by atoms with van der Waals surface area (Å²) in [5.41, 5.74) is 1.71. The molecule has 0 aliphatic carbocycles. The topological polar surface area (TPSA) is 70.2 Å². The maximum Gasteiger partial charge on any atom is 0.315 e. The van der Waals surface area contributed by atoms with E-state index in [1.165, 1.54) is 18.2 Å². The number of rotatable bonds is 5. The van der Waals surface area contributed by atoms with Crippen LogP contribution in [0.5, 0.6) is 0 Å². The molecule has 0 bridgehead atoms. The fourth-order valence-corrected chi connectivity index (χ4v) is 2.23. The minimum atomic E-state index is -0.543. The molecule has 2 aromatic carbocycles. The van der Waals surface area contributed by atoms with Gasteiger partial charge in [-0.15, -0.1) is 0 Å². The molecule has 7 heteroatoms. The summed E-state index contributed by atoms with van der Waals surface area (Å²) in [6.45, 7) is 4.11. The van der Waals surface area contributed by atoms with Gasteiger partial charge in [0.25, 0.3) is 5.91 Å². The van der Waals surface area contributed by atoms with Gasteiger partial charge in [0.2, 0.25) is 0 Å². The molecule has 5 nitrogen and oxygen atoms in total. The second-order valence-corrected chi connectivity index (χ2v) is 6.17. The number of carbonyl (C=O) groups excluding carboxylic acids is 2. The van der Waals surface area contributed by atoms with Crippen molar-refractivity contribution in [2.24, 2.45) is 0 Å². The largest absolute Gasteiger partial charge is 0.336 e. The molecule has 0 radical (unpaired) electrons. The van der Waals surface area contributed by atoms with E-state index in [0.29, 0.717) is 17.8 Å². The molecule has 0 aliphatic rings. The van der Waals surface area contributed by atoms with E-state index in [2.05, 4.69) is 16.0 Å². The van der Waals surface area contributed by atoms with E-state index in [4.69, 9.17) is 11.6 Å². The summed E-state index contributed by atoms with van der Waals surface area (Å²) in [7, 11) is 0. The predicted octanol–water partition coefficient (Wildman–Crippen LogP) is 3.94. The monoisotopic (exact) mass is 363 g/mol. The van der Waals surface area contributed by atoms with Crippen LogP contribution in [0.1, 0.15) is 29.8 Å². The van der Waals surface area contributed by atoms with E-state index in [-0.39, 0.29) is 23.0 Å². The molecule has 0 heterocycles. The van der Waals surface area contributed by atoms with Crippen LogP contribution in [0.2, 0.25) is 5.02 Å². The highest BCUT2D eigenvalue weighted by molar-refractivity contribution is 6.31. The molecule has 2 rings (SSSR count). The molecule has 0 unspecified atom stereocenters. The summed E-state index contributed by atoms with van der Waals surface area (Å²) in [6, 6.07) is 10.6. The Morgan fingerprint density at radius 2 is 1.80 bits per heavy atom. The summed E-state index contributed by atoms with van der Waals surface area (Å²) in [5.74, 6) is -0.877. The Balaban J connectivity index is 1.93. The summed E-state index contributed by atoms with van der Waals surface area (Å²) >= 11 is 5.69. The fraction of sp³-hybridized carbons (Fsp3) is 0.222. The van der Waals surface area contributed by atoms with Gasteiger partial charge < -0.3 is 16.0 Å². The van der Waals surface area contributed by atoms with Crippen LogP contribution in [0.15, 0.2) is 42.5 Å². The predicted molar refractivity (Wildman–Crippen MR) is 96.3 cm³/mol. The van der Waals surface area contributed by atoms with Crippen LogP contribution >= 0.6 is 11.6 Å². The number of carbonyl (C=O) groups is 2. The Morgan fingerprint density at radius 3 is 2.40 bits per heavy atom. The second-order valence-electron chi connectivity index (χ2n) is 5.76. The maximum atomic E-state index is 13.1. The van der Waals surface area contributed by atoms with Gasteiger partial charge in [-0.1, -0.05) is 23.7 Å². The van der Waals surface area contributed by atoms with Crippen LogP contribution in [-0.2, 0) is 6.54 Å². The Labute approximate surface area is 150 Å². The zero-order valence-corrected chi connectivity index (χ0v) is 14.7. The number of halogens is 2. The van der Waals surface area contributed by atoms with Crippen LogP contribution in [0.3, 0.4) is 0 Å². The van der Waals surface area contributed by atoms with Crippen molar-refractivity contribution in [1.29, 1.82) is 0 Å². The molecule has 3 N–H and O–H groups in total. The van der Waals surface area contributed by atoms with E-state index in [9.17, 15) is 14.0 Å². The Hall–Kier alpha value is -2.60. The van der Waals surface area contributed by atoms with Crippen LogP contribution in [0, 0.1) is 5.82 Å². The van der Waals surface area contributed by atoms with Gasteiger partial charge in [0.1, 0.15) is 5.82 Å². The highest BCUT2D eigenvalue weighted by Crippen LogP contribution is 2.20. The Kier molecular flexibility index (Phi) is 6.36. The van der Waals surface area contributed by atoms with Gasteiger partial charge in [-0.3, -0.25) is 4.79 Å². The average molecular weight is 364 g/mol. The number of nitrogens with one attached hydrogen (secondary N) is 3. The molecule has 0 saturated heterocycles. The second kappa shape index (κ2) is 8.48. The molecule has 25 heavy (non-hydrogen) atoms. The molecular formula is C18H19ClFN3O2. The lowest BCUT2D eigenvalue weighted by molar-refractivity contribution is 0.102. The summed E-state index contributed by atoms with van der Waals surface area (Å²) < 4.78 is 13.1. The quantitative estimate of drug-likeness (QED) is 0.753. The zero-order chi connectivity index (χ0) is 18.4. The maximum absolute atomic E-state index is 13.1. The number of hydrogen-bond acceptors (Lipinski definition) is 2. The third-order valence-electron chi connectivity index (χ3n) is 3.27. The van der Waals surface area contributed by atoms with Gasteiger partial charge in [-0.05, 0) is 49.7 Å². The molecular weight excluding hydrogens is 345 g/mol. The first-order chi connectivity index (χ1) is 11.8. The molecule has 2 aromatic rings. The SMILES string of the molecule is CC(C)NC(=O)NCc1ccc(C(=O)Nc2ccc(F)c(Cl)c2)cc1. The molecule has 0 spiro atoms. The standard InChI is InChI=1S/C18H19ClFN3O2/c1-11(2)22-18(25)21-10-12-3-5-13(6-4-12)17(24)23-14-7-8-16(20)15(19)9-14/h3-9,11H,10H2,1-2H3,(H,23,24)(H2,21,22,25). The van der Waals surface area contributed by atoms with E-state index in [0.717, 1.165) is 5.56 Å². The van der Waals surface area contributed by atoms with Crippen molar-refractivity contribution in [3.05, 3.63) is 64.4 Å². The third-order valence-corrected chi connectivity index (χ3v) is 3.56. The molecule has 3 amide bonds. The van der Waals surface area contributed by atoms with Crippen LogP contribution in [0.4, 0.5) is 14.9 Å². The summed E-state index contributed by atoms with van der Waals surface area (Å²) in [6.07, 6.45) is 0. The van der Waals surface area contributed by atoms with Gasteiger partial charge in [0.15, 0.2) is 0 Å². The lowest BCUT2D eigenvalue weighted by Crippen LogP contribution is -2.39. The molecule has 0 saturated carbocycles. The molecule has 132 valence electrons. The number of urea groups is 1. The minimum absolute atomic E-state index is 0.0566. The highest BCUT2D eigenvalue weighted by atomic mass is 35.5. The number of benzene rings is 2. The normalized spacial score (nSPS) is 10.4. The van der Waals surface area contributed by atoms with Gasteiger partial charge in [-0.25, -0.2) is 9.18 Å². The highest BCUT2D eigenvalue weighted by Gasteiger charge is 2.08. The van der Waals surface area contributed by atoms with E-state index >= 15 is 0 Å². The summed E-state index contributed by atoms with van der Waals surface area (Å²) in [5, 5.41) is 8.05. The smallest absolute Gasteiger partial charge is 0.315 e. The van der Waals surface area contributed by atoms with Crippen molar-refractivity contribution in [2.45, 2.75) is 26.4 Å². The Morgan fingerprint density at radius 1 is 1.12 bits per heavy atom. The van der Waals surface area contributed by atoms with Gasteiger partial charge in [0.05, 0.1) is 5.02 Å². The molecule has 0 atom stereocenters. The van der Waals surface area contributed by atoms with Crippen LogP contribution in [0.25, 0.3) is 0 Å². The first-order valence-electron chi connectivity index (χ1n) is 7.75. The van der Waals surface area contributed by atoms with Crippen molar-refractivity contribution in [3.63, 3.8) is 0 Å². The van der Waals surface area contributed by atoms with E-state index in [1.807, 2.05) is 13.8 Å². The molecule has 0 aliphatic heterocycles. The van der Waals surface area contributed by atoms with E-state index in [1.54, 1.807) is 24.3 Å². The number of amides is 3. The van der Waals surface area contributed by atoms with Crippen molar-refractivity contribution in [3.8, 4) is 0 Å². The molecule has 0 aromatic heterocycles. The molecule has 0 fully saturated rings. The van der Waals surface area contributed by atoms with Crippen LogP contribution in [-0.4, -0.2) is 18.0 Å². The third kappa shape index (κ3) is 5.76. The van der Waals surface area contributed by atoms with Crippen molar-refractivity contribution in [2.75, 3.05) is 5.32 Å². The fourth-order valence-electron chi connectivity index (χ4n) is 2.05. The van der Waals surface area contributed by atoms with Crippen molar-refractivity contribution < 1.29 is 14.0 Å². The van der Waals surface area contributed by atoms with Gasteiger partial charge in [0, 0.05) is 23.8 Å². The number of anilines is 1. The van der Waals surface area contributed by atoms with Gasteiger partial charge >= 0.3 is 6.03 Å². The Bertz CT molecular complexity index is 763.